The Morgan fingerprint density at radius 2 is 0.825 bits per heavy atom. The van der Waals surface area contributed by atoms with Crippen molar-refractivity contribution in [3.05, 3.63) is 115 Å². The predicted molar refractivity (Wildman–Crippen MR) is 165 cm³/mol. The quantitative estimate of drug-likeness (QED) is 0.187. The molecule has 184 valence electrons. The van der Waals surface area contributed by atoms with Crippen molar-refractivity contribution in [1.29, 1.82) is 0 Å². The highest BCUT2D eigenvalue weighted by atomic mass is 16.3. The van der Waals surface area contributed by atoms with Crippen LogP contribution in [0, 0.1) is 0 Å². The van der Waals surface area contributed by atoms with Crippen molar-refractivity contribution in [2.45, 2.75) is 0 Å². The van der Waals surface area contributed by atoms with Gasteiger partial charge in [0.15, 0.2) is 11.2 Å². The molecule has 11 rings (SSSR count). The van der Waals surface area contributed by atoms with Crippen LogP contribution in [0.2, 0.25) is 0 Å². The summed E-state index contributed by atoms with van der Waals surface area (Å²) in [6, 6.07) is 41.7. The first-order valence-electron chi connectivity index (χ1n) is 13.7. The molecule has 0 saturated heterocycles. The van der Waals surface area contributed by atoms with Gasteiger partial charge >= 0.3 is 0 Å². The third-order valence-electron chi connectivity index (χ3n) is 9.12. The summed E-state index contributed by atoms with van der Waals surface area (Å²) < 4.78 is 13.8. The molecular formula is C36H19N3O. The molecule has 0 unspecified atom stereocenters. The summed E-state index contributed by atoms with van der Waals surface area (Å²) in [5.74, 6) is 0. The summed E-state index contributed by atoms with van der Waals surface area (Å²) in [6.45, 7) is 0. The van der Waals surface area contributed by atoms with Crippen molar-refractivity contribution in [3.63, 3.8) is 0 Å². The van der Waals surface area contributed by atoms with Crippen LogP contribution in [-0.2, 0) is 0 Å². The lowest BCUT2D eigenvalue weighted by Crippen LogP contribution is -1.96. The molecule has 11 aromatic rings. The largest absolute Gasteiger partial charge is 0.453 e. The first-order chi connectivity index (χ1) is 19.9. The number of para-hydroxylation sites is 6. The zero-order valence-electron chi connectivity index (χ0n) is 21.2. The Kier molecular flexibility index (Phi) is 3.12. The fourth-order valence-corrected chi connectivity index (χ4v) is 7.70. The van der Waals surface area contributed by atoms with E-state index in [9.17, 15) is 0 Å². The van der Waals surface area contributed by atoms with Gasteiger partial charge in [-0.15, -0.1) is 0 Å². The maximum Gasteiger partial charge on any atom is 0.152 e. The second-order valence-corrected chi connectivity index (χ2v) is 10.9. The van der Waals surface area contributed by atoms with Crippen molar-refractivity contribution >= 4 is 93.1 Å². The SMILES string of the molecule is c1ccc2c(c1)oc1cccc3c4c5c6cccc7c6n(c5ccc4n2c13)c1cccc2c3ccccc3n7c21. The lowest BCUT2D eigenvalue weighted by atomic mass is 10.1. The summed E-state index contributed by atoms with van der Waals surface area (Å²) in [7, 11) is 0. The van der Waals surface area contributed by atoms with E-state index in [2.05, 4.69) is 122 Å². The molecule has 5 heterocycles. The molecule has 0 radical (unpaired) electrons. The summed E-state index contributed by atoms with van der Waals surface area (Å²) >= 11 is 0. The van der Waals surface area contributed by atoms with Gasteiger partial charge in [-0.3, -0.25) is 0 Å². The van der Waals surface area contributed by atoms with Crippen LogP contribution in [0.25, 0.3) is 93.1 Å². The van der Waals surface area contributed by atoms with Gasteiger partial charge < -0.3 is 17.6 Å². The number of hydrogen-bond donors (Lipinski definition) is 0. The topological polar surface area (TPSA) is 26.4 Å². The first kappa shape index (κ1) is 19.6. The average molecular weight is 510 g/mol. The Labute approximate surface area is 225 Å². The smallest absolute Gasteiger partial charge is 0.152 e. The van der Waals surface area contributed by atoms with Crippen molar-refractivity contribution in [2.75, 3.05) is 0 Å². The molecule has 0 fully saturated rings. The molecule has 0 bridgehead atoms. The molecule has 6 aromatic carbocycles. The number of benzene rings is 6. The molecule has 4 nitrogen and oxygen atoms in total. The first-order valence-corrected chi connectivity index (χ1v) is 13.7. The minimum absolute atomic E-state index is 0.889. The number of nitrogens with zero attached hydrogens (tertiary/aromatic N) is 3. The second kappa shape index (κ2) is 6.38. The molecule has 4 heteroatoms. The van der Waals surface area contributed by atoms with E-state index < -0.39 is 0 Å². The maximum absolute atomic E-state index is 6.42. The Morgan fingerprint density at radius 3 is 1.62 bits per heavy atom. The number of hydrogen-bond acceptors (Lipinski definition) is 1. The highest BCUT2D eigenvalue weighted by molar-refractivity contribution is 6.32. The van der Waals surface area contributed by atoms with Gasteiger partial charge in [0.25, 0.3) is 0 Å². The van der Waals surface area contributed by atoms with Crippen LogP contribution >= 0.6 is 0 Å². The molecule has 0 saturated carbocycles. The van der Waals surface area contributed by atoms with Crippen LogP contribution in [-0.4, -0.2) is 13.2 Å². The summed E-state index contributed by atoms with van der Waals surface area (Å²) in [6.07, 6.45) is 0. The monoisotopic (exact) mass is 509 g/mol. The lowest BCUT2D eigenvalue weighted by molar-refractivity contribution is 0.656. The van der Waals surface area contributed by atoms with Crippen molar-refractivity contribution in [2.24, 2.45) is 0 Å². The van der Waals surface area contributed by atoms with Crippen LogP contribution in [0.15, 0.2) is 120 Å². The van der Waals surface area contributed by atoms with E-state index in [-0.39, 0.29) is 0 Å². The molecule has 0 aliphatic rings. The number of rotatable bonds is 0. The third-order valence-corrected chi connectivity index (χ3v) is 9.12. The van der Waals surface area contributed by atoms with Gasteiger partial charge in [-0.05, 0) is 48.5 Å². The van der Waals surface area contributed by atoms with Gasteiger partial charge in [0, 0.05) is 32.3 Å². The van der Waals surface area contributed by atoms with Gasteiger partial charge in [0.1, 0.15) is 0 Å². The fourth-order valence-electron chi connectivity index (χ4n) is 7.70. The normalized spacial score (nSPS) is 13.0. The zero-order valence-corrected chi connectivity index (χ0v) is 21.2. The van der Waals surface area contributed by atoms with E-state index in [1.807, 2.05) is 6.07 Å². The van der Waals surface area contributed by atoms with Gasteiger partial charge in [-0.1, -0.05) is 66.7 Å². The summed E-state index contributed by atoms with van der Waals surface area (Å²) in [4.78, 5) is 0. The van der Waals surface area contributed by atoms with Crippen LogP contribution < -0.4 is 0 Å². The van der Waals surface area contributed by atoms with E-state index in [1.54, 1.807) is 0 Å². The van der Waals surface area contributed by atoms with Gasteiger partial charge in [-0.25, -0.2) is 0 Å². The Balaban J connectivity index is 1.50. The Hall–Kier alpha value is -5.48. The van der Waals surface area contributed by atoms with Gasteiger partial charge in [0.2, 0.25) is 0 Å². The standard InChI is InChI=1S/C36H19N3O/c1-2-12-24-20(8-1)21-9-5-14-28-34(21)37(24)29-15-6-10-22-32-27(39(28)35(22)29)19-18-26-33(32)23-11-7-17-31-36(23)38(26)25-13-3-4-16-30(25)40-31/h1-19H. The highest BCUT2D eigenvalue weighted by Gasteiger charge is 2.24. The minimum atomic E-state index is 0.889. The van der Waals surface area contributed by atoms with Crippen molar-refractivity contribution in [3.8, 4) is 0 Å². The zero-order chi connectivity index (χ0) is 25.7. The lowest BCUT2D eigenvalue weighted by Gasteiger charge is -2.11. The van der Waals surface area contributed by atoms with Crippen LogP contribution in [0.1, 0.15) is 0 Å². The van der Waals surface area contributed by atoms with Crippen molar-refractivity contribution < 1.29 is 4.42 Å². The van der Waals surface area contributed by atoms with E-state index in [0.29, 0.717) is 0 Å². The van der Waals surface area contributed by atoms with Crippen LogP contribution in [0.4, 0.5) is 0 Å². The number of aromatic nitrogens is 3. The summed E-state index contributed by atoms with van der Waals surface area (Å²) in [5.41, 5.74) is 12.7. The third kappa shape index (κ3) is 1.99. The molecule has 0 aliphatic carbocycles. The molecule has 0 N–H and O–H groups in total. The Bertz CT molecular complexity index is 2870. The average Bonchev–Trinajstić information content (AvgIpc) is 3.65. The maximum atomic E-state index is 6.42. The molecule has 5 aromatic heterocycles. The van der Waals surface area contributed by atoms with E-state index in [4.69, 9.17) is 4.42 Å². The summed E-state index contributed by atoms with van der Waals surface area (Å²) in [5, 5.41) is 7.65. The minimum Gasteiger partial charge on any atom is -0.453 e. The molecule has 0 atom stereocenters. The van der Waals surface area contributed by atoms with Crippen LogP contribution in [0.3, 0.4) is 0 Å². The molecular weight excluding hydrogens is 490 g/mol. The fraction of sp³-hybridized carbons (Fsp3) is 0. The molecule has 40 heavy (non-hydrogen) atoms. The highest BCUT2D eigenvalue weighted by Crippen LogP contribution is 2.45. The number of fused-ring (bicyclic) bond motifs is 14. The van der Waals surface area contributed by atoms with E-state index >= 15 is 0 Å². The van der Waals surface area contributed by atoms with Crippen molar-refractivity contribution in [1.82, 2.24) is 13.2 Å². The molecule has 0 amide bonds. The Morgan fingerprint density at radius 1 is 0.325 bits per heavy atom. The van der Waals surface area contributed by atoms with Gasteiger partial charge in [0.05, 0.1) is 49.7 Å². The van der Waals surface area contributed by atoms with E-state index in [1.165, 1.54) is 70.9 Å². The molecule has 0 spiro atoms. The van der Waals surface area contributed by atoms with E-state index in [0.717, 1.165) is 22.2 Å². The van der Waals surface area contributed by atoms with Gasteiger partial charge in [-0.2, -0.15) is 0 Å². The van der Waals surface area contributed by atoms with Crippen LogP contribution in [0.5, 0.6) is 0 Å². The molecule has 0 aliphatic heterocycles. The predicted octanol–water partition coefficient (Wildman–Crippen LogP) is 9.55. The second-order valence-electron chi connectivity index (χ2n) is 10.9.